The molecule has 1 aromatic rings. The van der Waals surface area contributed by atoms with E-state index in [1.54, 1.807) is 4.90 Å². The zero-order chi connectivity index (χ0) is 17.0. The highest BCUT2D eigenvalue weighted by Gasteiger charge is 2.31. The molecule has 2 N–H and O–H groups in total. The van der Waals surface area contributed by atoms with E-state index in [0.717, 1.165) is 25.3 Å². The molecule has 1 atom stereocenters. The molecule has 1 aromatic heterocycles. The van der Waals surface area contributed by atoms with E-state index in [0.29, 0.717) is 19.6 Å². The number of hydrogen-bond donors (Lipinski definition) is 1. The van der Waals surface area contributed by atoms with Gasteiger partial charge in [0.25, 0.3) is 0 Å². The minimum Gasteiger partial charge on any atom is -0.444 e. The third-order valence-electron chi connectivity index (χ3n) is 4.07. The Morgan fingerprint density at radius 1 is 1.43 bits per heavy atom. The van der Waals surface area contributed by atoms with Crippen LogP contribution in [0.2, 0.25) is 0 Å². The van der Waals surface area contributed by atoms with Crippen LogP contribution in [0.3, 0.4) is 0 Å². The van der Waals surface area contributed by atoms with Crippen molar-refractivity contribution < 1.29 is 9.53 Å². The first kappa shape index (κ1) is 17.7. The summed E-state index contributed by atoms with van der Waals surface area (Å²) in [6.07, 6.45) is 4.40. The molecule has 1 aliphatic rings. The number of carbonyl (C=O) groups is 1. The second-order valence-corrected chi connectivity index (χ2v) is 7.06. The van der Waals surface area contributed by atoms with Crippen LogP contribution in [-0.2, 0) is 18.2 Å². The van der Waals surface area contributed by atoms with Crippen LogP contribution in [0.5, 0.6) is 0 Å². The van der Waals surface area contributed by atoms with Crippen molar-refractivity contribution in [1.29, 1.82) is 0 Å². The number of aryl methyl sites for hydroxylation is 1. The van der Waals surface area contributed by atoms with Crippen LogP contribution in [0.4, 0.5) is 4.79 Å². The lowest BCUT2D eigenvalue weighted by atomic mass is 10.1. The smallest absolute Gasteiger partial charge is 0.410 e. The molecule has 1 saturated heterocycles. The molecule has 7 heteroatoms. The Bertz CT molecular complexity index is 523. The largest absolute Gasteiger partial charge is 0.444 e. The van der Waals surface area contributed by atoms with Crippen molar-refractivity contribution in [2.45, 2.75) is 38.8 Å². The van der Waals surface area contributed by atoms with Gasteiger partial charge in [-0.2, -0.15) is 0 Å². The number of rotatable bonds is 4. The summed E-state index contributed by atoms with van der Waals surface area (Å²) in [5.41, 5.74) is 5.45. The van der Waals surface area contributed by atoms with Gasteiger partial charge in [-0.25, -0.2) is 9.78 Å². The van der Waals surface area contributed by atoms with Crippen LogP contribution in [-0.4, -0.2) is 69.8 Å². The topological polar surface area (TPSA) is 76.6 Å². The lowest BCUT2D eigenvalue weighted by Gasteiger charge is -2.41. The molecule has 0 saturated carbocycles. The van der Waals surface area contributed by atoms with E-state index in [4.69, 9.17) is 10.5 Å². The van der Waals surface area contributed by atoms with Crippen molar-refractivity contribution in [3.8, 4) is 0 Å². The average Bonchev–Trinajstić information content (AvgIpc) is 2.88. The summed E-state index contributed by atoms with van der Waals surface area (Å²) in [7, 11) is 2.00. The van der Waals surface area contributed by atoms with Gasteiger partial charge in [0.2, 0.25) is 0 Å². The minimum atomic E-state index is -0.468. The molecule has 1 unspecified atom stereocenters. The van der Waals surface area contributed by atoms with Crippen molar-refractivity contribution in [1.82, 2.24) is 19.4 Å². The lowest BCUT2D eigenvalue weighted by Crippen LogP contribution is -2.58. The van der Waals surface area contributed by atoms with Crippen LogP contribution in [0.1, 0.15) is 26.6 Å². The first-order valence-corrected chi connectivity index (χ1v) is 8.18. The van der Waals surface area contributed by atoms with Gasteiger partial charge in [0.05, 0.1) is 0 Å². The number of ether oxygens (including phenoxy) is 1. The molecule has 2 heterocycles. The number of carbonyl (C=O) groups excluding carboxylic acids is 1. The van der Waals surface area contributed by atoms with Crippen LogP contribution in [0, 0.1) is 0 Å². The Kier molecular flexibility index (Phi) is 5.64. The summed E-state index contributed by atoms with van der Waals surface area (Å²) >= 11 is 0. The highest BCUT2D eigenvalue weighted by atomic mass is 16.6. The number of amides is 1. The molecule has 130 valence electrons. The van der Waals surface area contributed by atoms with Crippen LogP contribution >= 0.6 is 0 Å². The fourth-order valence-electron chi connectivity index (χ4n) is 2.78. The first-order valence-electron chi connectivity index (χ1n) is 8.18. The summed E-state index contributed by atoms with van der Waals surface area (Å²) in [6.45, 7) is 9.18. The summed E-state index contributed by atoms with van der Waals surface area (Å²) in [5, 5.41) is 0. The highest BCUT2D eigenvalue weighted by molar-refractivity contribution is 5.68. The fraction of sp³-hybridized carbons (Fsp3) is 0.750. The van der Waals surface area contributed by atoms with E-state index in [1.165, 1.54) is 0 Å². The molecule has 0 radical (unpaired) electrons. The number of imidazole rings is 1. The number of nitrogens with zero attached hydrogens (tertiary/aromatic N) is 4. The normalized spacial score (nSPS) is 19.9. The maximum absolute atomic E-state index is 12.2. The Morgan fingerprint density at radius 2 is 2.17 bits per heavy atom. The number of hydrogen-bond acceptors (Lipinski definition) is 5. The second kappa shape index (κ2) is 7.31. The molecule has 1 fully saturated rings. The quantitative estimate of drug-likeness (QED) is 0.889. The van der Waals surface area contributed by atoms with E-state index >= 15 is 0 Å². The lowest BCUT2D eigenvalue weighted by molar-refractivity contribution is 0.00489. The van der Waals surface area contributed by atoms with Crippen molar-refractivity contribution >= 4 is 6.09 Å². The van der Waals surface area contributed by atoms with E-state index in [1.807, 2.05) is 44.8 Å². The summed E-state index contributed by atoms with van der Waals surface area (Å²) in [6, 6.07) is 0.163. The summed E-state index contributed by atoms with van der Waals surface area (Å²) in [5.74, 6) is 1.07. The van der Waals surface area contributed by atoms with Crippen LogP contribution in [0.25, 0.3) is 0 Å². The summed E-state index contributed by atoms with van der Waals surface area (Å²) < 4.78 is 7.49. The highest BCUT2D eigenvalue weighted by Crippen LogP contribution is 2.15. The minimum absolute atomic E-state index is 0.163. The Labute approximate surface area is 138 Å². The van der Waals surface area contributed by atoms with Crippen molar-refractivity contribution in [3.05, 3.63) is 18.2 Å². The molecule has 0 aromatic carbocycles. The van der Waals surface area contributed by atoms with Gasteiger partial charge in [-0.15, -0.1) is 0 Å². The van der Waals surface area contributed by atoms with Gasteiger partial charge in [-0.3, -0.25) is 4.90 Å². The standard InChI is InChI=1S/C16H29N5O2/c1-16(2,3)23-15(22)21-10-9-20(13(11-17)12-21)7-5-14-18-6-8-19(14)4/h6,8,13H,5,7,9-12,17H2,1-4H3. The third kappa shape index (κ3) is 4.94. The number of nitrogens with two attached hydrogens (primary N) is 1. The van der Waals surface area contributed by atoms with Gasteiger partial charge in [-0.05, 0) is 20.8 Å². The monoisotopic (exact) mass is 323 g/mol. The SMILES string of the molecule is Cn1ccnc1CCN1CCN(C(=O)OC(C)(C)C)CC1CN. The second-order valence-electron chi connectivity index (χ2n) is 7.06. The van der Waals surface area contributed by atoms with E-state index in [9.17, 15) is 4.79 Å². The van der Waals surface area contributed by atoms with Crippen molar-refractivity contribution in [3.63, 3.8) is 0 Å². The Morgan fingerprint density at radius 3 is 2.74 bits per heavy atom. The number of piperazine rings is 1. The molecule has 1 amide bonds. The van der Waals surface area contributed by atoms with Gasteiger partial charge >= 0.3 is 6.09 Å². The zero-order valence-electron chi connectivity index (χ0n) is 14.7. The predicted molar refractivity (Wildman–Crippen MR) is 89.1 cm³/mol. The van der Waals surface area contributed by atoms with Gasteiger partial charge in [-0.1, -0.05) is 0 Å². The van der Waals surface area contributed by atoms with Gasteiger partial charge in [0, 0.05) is 64.6 Å². The van der Waals surface area contributed by atoms with Crippen molar-refractivity contribution in [2.24, 2.45) is 12.8 Å². The molecule has 0 aliphatic carbocycles. The predicted octanol–water partition coefficient (Wildman–Crippen LogP) is 0.843. The van der Waals surface area contributed by atoms with Gasteiger partial charge in [0.15, 0.2) is 0 Å². The van der Waals surface area contributed by atoms with Gasteiger partial charge < -0.3 is 19.9 Å². The zero-order valence-corrected chi connectivity index (χ0v) is 14.7. The molecule has 1 aliphatic heterocycles. The molecule has 23 heavy (non-hydrogen) atoms. The average molecular weight is 323 g/mol. The fourth-order valence-corrected chi connectivity index (χ4v) is 2.78. The molecule has 2 rings (SSSR count). The third-order valence-corrected chi connectivity index (χ3v) is 4.07. The molecule has 7 nitrogen and oxygen atoms in total. The Balaban J connectivity index is 1.88. The van der Waals surface area contributed by atoms with Crippen molar-refractivity contribution in [2.75, 3.05) is 32.7 Å². The number of aromatic nitrogens is 2. The van der Waals surface area contributed by atoms with Crippen LogP contribution < -0.4 is 5.73 Å². The van der Waals surface area contributed by atoms with E-state index in [-0.39, 0.29) is 12.1 Å². The van der Waals surface area contributed by atoms with E-state index in [2.05, 4.69) is 9.88 Å². The van der Waals surface area contributed by atoms with Crippen LogP contribution in [0.15, 0.2) is 12.4 Å². The first-order chi connectivity index (χ1) is 10.8. The van der Waals surface area contributed by atoms with Gasteiger partial charge in [0.1, 0.15) is 11.4 Å². The maximum Gasteiger partial charge on any atom is 0.410 e. The van der Waals surface area contributed by atoms with E-state index < -0.39 is 5.60 Å². The molecular weight excluding hydrogens is 294 g/mol. The molecule has 0 bridgehead atoms. The summed E-state index contributed by atoms with van der Waals surface area (Å²) in [4.78, 5) is 20.7. The molecule has 0 spiro atoms. The Hall–Kier alpha value is -1.60. The molecular formula is C16H29N5O2. The maximum atomic E-state index is 12.2.